The number of unbranched alkanes of at least 4 members (excludes halogenated alkanes) is 21. The fourth-order valence-electron chi connectivity index (χ4n) is 7.54. The highest BCUT2D eigenvalue weighted by atomic mass is 16.6. The lowest BCUT2D eigenvalue weighted by Gasteiger charge is -2.18. The third-order valence-corrected chi connectivity index (χ3v) is 11.7. The van der Waals surface area contributed by atoms with Gasteiger partial charge in [0, 0.05) is 19.3 Å². The van der Waals surface area contributed by atoms with E-state index in [1.807, 2.05) is 0 Å². The van der Waals surface area contributed by atoms with Crippen LogP contribution in [-0.2, 0) is 28.6 Å². The van der Waals surface area contributed by atoms with Crippen LogP contribution in [0.3, 0.4) is 0 Å². The molecule has 0 spiro atoms. The first-order chi connectivity index (χ1) is 34.0. The molecule has 0 aromatic heterocycles. The second kappa shape index (κ2) is 56.7. The lowest BCUT2D eigenvalue weighted by molar-refractivity contribution is -0.167. The van der Waals surface area contributed by atoms with Crippen molar-refractivity contribution in [2.75, 3.05) is 13.2 Å². The fraction of sp³-hybridized carbons (Fsp3) is 0.667. The molecule has 0 radical (unpaired) electrons. The second-order valence-corrected chi connectivity index (χ2v) is 18.4. The van der Waals surface area contributed by atoms with Gasteiger partial charge in [-0.3, -0.25) is 14.4 Å². The molecular formula is C63H104O6. The third-order valence-electron chi connectivity index (χ3n) is 11.7. The molecule has 0 aliphatic rings. The summed E-state index contributed by atoms with van der Waals surface area (Å²) in [5.74, 6) is -0.943. The predicted octanol–water partition coefficient (Wildman–Crippen LogP) is 19.1. The molecule has 1 atom stereocenters. The predicted molar refractivity (Wildman–Crippen MR) is 297 cm³/mol. The van der Waals surface area contributed by atoms with E-state index in [9.17, 15) is 14.4 Å². The molecule has 0 saturated heterocycles. The number of carbonyl (C=O) groups excluding carboxylic acids is 3. The van der Waals surface area contributed by atoms with Crippen LogP contribution >= 0.6 is 0 Å². The number of hydrogen-bond donors (Lipinski definition) is 0. The van der Waals surface area contributed by atoms with E-state index in [-0.39, 0.29) is 31.1 Å². The van der Waals surface area contributed by atoms with Crippen LogP contribution in [0.4, 0.5) is 0 Å². The first-order valence-corrected chi connectivity index (χ1v) is 28.4. The van der Waals surface area contributed by atoms with Crippen molar-refractivity contribution in [1.29, 1.82) is 0 Å². The van der Waals surface area contributed by atoms with Gasteiger partial charge in [-0.2, -0.15) is 0 Å². The Labute approximate surface area is 425 Å². The largest absolute Gasteiger partial charge is 0.462 e. The average molecular weight is 958 g/mol. The topological polar surface area (TPSA) is 78.9 Å². The van der Waals surface area contributed by atoms with Crippen molar-refractivity contribution < 1.29 is 28.6 Å². The van der Waals surface area contributed by atoms with Crippen molar-refractivity contribution >= 4 is 17.9 Å². The summed E-state index contributed by atoms with van der Waals surface area (Å²) in [7, 11) is 0. The van der Waals surface area contributed by atoms with Crippen LogP contribution in [0.2, 0.25) is 0 Å². The van der Waals surface area contributed by atoms with E-state index in [0.717, 1.165) is 141 Å². The minimum absolute atomic E-state index is 0.0975. The van der Waals surface area contributed by atoms with Crippen LogP contribution in [0, 0.1) is 0 Å². The van der Waals surface area contributed by atoms with E-state index in [2.05, 4.69) is 130 Å². The Morgan fingerprint density at radius 2 is 0.565 bits per heavy atom. The van der Waals surface area contributed by atoms with Crippen LogP contribution in [0.15, 0.2) is 109 Å². The molecule has 0 aromatic rings. The number of allylic oxidation sites excluding steroid dienone is 18. The molecule has 0 heterocycles. The molecule has 0 aliphatic carbocycles. The quantitative estimate of drug-likeness (QED) is 0.0262. The van der Waals surface area contributed by atoms with Crippen molar-refractivity contribution in [2.24, 2.45) is 0 Å². The zero-order chi connectivity index (χ0) is 50.0. The summed E-state index contributed by atoms with van der Waals surface area (Å²) in [5, 5.41) is 0. The van der Waals surface area contributed by atoms with E-state index in [1.165, 1.54) is 70.6 Å². The van der Waals surface area contributed by atoms with Gasteiger partial charge in [-0.05, 0) is 122 Å². The first-order valence-electron chi connectivity index (χ1n) is 28.4. The Balaban J connectivity index is 4.46. The highest BCUT2D eigenvalue weighted by Crippen LogP contribution is 2.14. The molecule has 6 heteroatoms. The zero-order valence-electron chi connectivity index (χ0n) is 44.8. The molecule has 392 valence electrons. The SMILES string of the molecule is CC/C=C\C/C=C\C/C=C\C/C=C\CCCCCCC(=O)O[C@H](COC(=O)CCCCCCC/C=C\C/C=C\C/C=C\CC)COC(=O)CCCCCCCCCCC/C=C\C/C=C\CCCCC. The lowest BCUT2D eigenvalue weighted by atomic mass is 10.1. The number of ether oxygens (including phenoxy) is 3. The molecule has 0 N–H and O–H groups in total. The van der Waals surface area contributed by atoms with Crippen molar-refractivity contribution in [3.63, 3.8) is 0 Å². The van der Waals surface area contributed by atoms with Gasteiger partial charge in [-0.15, -0.1) is 0 Å². The Morgan fingerprint density at radius 3 is 0.884 bits per heavy atom. The maximum Gasteiger partial charge on any atom is 0.306 e. The fourth-order valence-corrected chi connectivity index (χ4v) is 7.54. The molecule has 0 aromatic carbocycles. The Morgan fingerprint density at radius 1 is 0.304 bits per heavy atom. The maximum atomic E-state index is 12.9. The van der Waals surface area contributed by atoms with Crippen molar-refractivity contribution in [3.05, 3.63) is 109 Å². The summed E-state index contributed by atoms with van der Waals surface area (Å²) in [6.45, 7) is 6.35. The first kappa shape index (κ1) is 65.1. The van der Waals surface area contributed by atoms with E-state index in [0.29, 0.717) is 19.3 Å². The second-order valence-electron chi connectivity index (χ2n) is 18.4. The molecule has 6 nitrogen and oxygen atoms in total. The van der Waals surface area contributed by atoms with E-state index >= 15 is 0 Å². The highest BCUT2D eigenvalue weighted by Gasteiger charge is 2.19. The van der Waals surface area contributed by atoms with Crippen molar-refractivity contribution in [1.82, 2.24) is 0 Å². The van der Waals surface area contributed by atoms with Crippen LogP contribution in [-0.4, -0.2) is 37.2 Å². The summed E-state index contributed by atoms with van der Waals surface area (Å²) < 4.78 is 16.8. The third kappa shape index (κ3) is 54.9. The standard InChI is InChI=1S/C63H104O6/c1-4-7-10-13-16-19-22-25-28-30-31-33-35-38-41-44-47-50-53-56-62(65)68-59-60(58-67-61(64)55-52-49-46-43-40-37-34-27-24-21-18-15-12-9-6-3)69-63(66)57-54-51-48-45-42-39-36-32-29-26-23-20-17-14-11-8-5-2/h8-9,11-12,16-21,25-29,34,36,39,60H,4-7,10,13-15,22-24,30-33,35,37-38,40-59H2,1-3H3/b11-8-,12-9-,19-16-,20-17-,21-18-,28-25-,29-26-,34-27-,39-36-/t60-/m1/s1. The Kier molecular flexibility index (Phi) is 53.4. The van der Waals surface area contributed by atoms with Crippen molar-refractivity contribution in [2.45, 2.75) is 258 Å². The molecule has 0 saturated carbocycles. The number of carbonyl (C=O) groups is 3. The molecule has 69 heavy (non-hydrogen) atoms. The molecule has 0 amide bonds. The molecule has 0 aliphatic heterocycles. The Hall–Kier alpha value is -3.93. The van der Waals surface area contributed by atoms with E-state index in [4.69, 9.17) is 14.2 Å². The Bertz CT molecular complexity index is 1420. The van der Waals surface area contributed by atoms with Gasteiger partial charge in [0.25, 0.3) is 0 Å². The average Bonchev–Trinajstić information content (AvgIpc) is 3.35. The smallest absolute Gasteiger partial charge is 0.306 e. The van der Waals surface area contributed by atoms with Crippen molar-refractivity contribution in [3.8, 4) is 0 Å². The molecule has 0 fully saturated rings. The maximum absolute atomic E-state index is 12.9. The monoisotopic (exact) mass is 957 g/mol. The lowest BCUT2D eigenvalue weighted by Crippen LogP contribution is -2.30. The molecule has 0 unspecified atom stereocenters. The molecule has 0 rings (SSSR count). The van der Waals surface area contributed by atoms with Crippen LogP contribution in [0.5, 0.6) is 0 Å². The molecule has 0 bridgehead atoms. The summed E-state index contributed by atoms with van der Waals surface area (Å²) in [4.78, 5) is 38.2. The van der Waals surface area contributed by atoms with Gasteiger partial charge in [0.15, 0.2) is 6.10 Å². The van der Waals surface area contributed by atoms with Gasteiger partial charge in [-0.25, -0.2) is 0 Å². The van der Waals surface area contributed by atoms with Gasteiger partial charge in [0.1, 0.15) is 13.2 Å². The van der Waals surface area contributed by atoms with E-state index < -0.39 is 6.10 Å². The van der Waals surface area contributed by atoms with Gasteiger partial charge < -0.3 is 14.2 Å². The summed E-state index contributed by atoms with van der Waals surface area (Å²) in [5.41, 5.74) is 0. The minimum Gasteiger partial charge on any atom is -0.462 e. The van der Waals surface area contributed by atoms with Crippen LogP contribution < -0.4 is 0 Å². The van der Waals surface area contributed by atoms with E-state index in [1.54, 1.807) is 0 Å². The zero-order valence-corrected chi connectivity index (χ0v) is 44.8. The van der Waals surface area contributed by atoms with Gasteiger partial charge in [0.2, 0.25) is 0 Å². The van der Waals surface area contributed by atoms with Crippen LogP contribution in [0.1, 0.15) is 252 Å². The summed E-state index contributed by atoms with van der Waals surface area (Å²) in [6.07, 6.45) is 76.4. The minimum atomic E-state index is -0.803. The normalized spacial score (nSPS) is 12.9. The summed E-state index contributed by atoms with van der Waals surface area (Å²) in [6, 6.07) is 0. The van der Waals surface area contributed by atoms with Gasteiger partial charge in [-0.1, -0.05) is 220 Å². The number of esters is 3. The highest BCUT2D eigenvalue weighted by molar-refractivity contribution is 5.71. The number of rotatable bonds is 50. The van der Waals surface area contributed by atoms with Crippen LogP contribution in [0.25, 0.3) is 0 Å². The number of hydrogen-bond acceptors (Lipinski definition) is 6. The summed E-state index contributed by atoms with van der Waals surface area (Å²) >= 11 is 0. The van der Waals surface area contributed by atoms with Gasteiger partial charge >= 0.3 is 17.9 Å². The molecular weight excluding hydrogens is 853 g/mol. The van der Waals surface area contributed by atoms with Gasteiger partial charge in [0.05, 0.1) is 0 Å².